The zero-order valence-electron chi connectivity index (χ0n) is 17.9. The van der Waals surface area contributed by atoms with Crippen molar-refractivity contribution in [3.63, 3.8) is 0 Å². The van der Waals surface area contributed by atoms with Crippen LogP contribution in [-0.4, -0.2) is 32.6 Å². The van der Waals surface area contributed by atoms with E-state index in [1.807, 2.05) is 13.8 Å². The lowest BCUT2D eigenvalue weighted by Gasteiger charge is -2.22. The molecule has 0 bridgehead atoms. The van der Waals surface area contributed by atoms with E-state index in [1.165, 1.54) is 36.9 Å². The average molecular weight is 475 g/mol. The molecule has 34 heavy (non-hydrogen) atoms. The average Bonchev–Trinajstić information content (AvgIpc) is 3.49. The van der Waals surface area contributed by atoms with Crippen molar-refractivity contribution in [3.8, 4) is 22.8 Å². The van der Waals surface area contributed by atoms with Crippen molar-refractivity contribution in [2.24, 2.45) is 0 Å². The number of oxazole rings is 1. The number of aromatic nitrogens is 4. The Morgan fingerprint density at radius 3 is 2.47 bits per heavy atom. The van der Waals surface area contributed by atoms with Gasteiger partial charge in [0.1, 0.15) is 12.1 Å². The molecule has 0 fully saturated rings. The van der Waals surface area contributed by atoms with E-state index in [-0.39, 0.29) is 29.3 Å². The molecule has 0 saturated heterocycles. The first-order valence-electron chi connectivity index (χ1n) is 9.89. The van der Waals surface area contributed by atoms with E-state index in [2.05, 4.69) is 29.9 Å². The summed E-state index contributed by atoms with van der Waals surface area (Å²) in [6.07, 6.45) is -0.837. The van der Waals surface area contributed by atoms with Gasteiger partial charge in [-0.25, -0.2) is 9.37 Å². The van der Waals surface area contributed by atoms with Crippen molar-refractivity contribution < 1.29 is 31.3 Å². The highest BCUT2D eigenvalue weighted by Gasteiger charge is 2.38. The topological polar surface area (TPSA) is 107 Å². The van der Waals surface area contributed by atoms with Crippen LogP contribution >= 0.6 is 0 Å². The Bertz CT molecular complexity index is 1310. The molecule has 1 amide bonds. The minimum Gasteiger partial charge on any atom is -0.444 e. The van der Waals surface area contributed by atoms with Gasteiger partial charge in [0.2, 0.25) is 11.7 Å². The second kappa shape index (κ2) is 8.69. The van der Waals surface area contributed by atoms with Crippen LogP contribution in [0.5, 0.6) is 0 Å². The summed E-state index contributed by atoms with van der Waals surface area (Å²) < 4.78 is 60.9. The van der Waals surface area contributed by atoms with Gasteiger partial charge in [-0.15, -0.1) is 0 Å². The predicted molar refractivity (Wildman–Crippen MR) is 110 cm³/mol. The van der Waals surface area contributed by atoms with E-state index >= 15 is 0 Å². The van der Waals surface area contributed by atoms with Crippen LogP contribution in [-0.2, 0) is 11.6 Å². The standard InChI is InChI=1S/C22H17F4N5O3/c1-21(2,16-10-33-19(29-16)12-3-5-15(23)6-4-12)11-28-18(32)14-7-13(8-27-9-14)17-30-20(34-31-17)22(24,25)26/h3-10H,11H2,1-2H3,(H,28,32). The van der Waals surface area contributed by atoms with Crippen LogP contribution < -0.4 is 5.32 Å². The third-order valence-corrected chi connectivity index (χ3v) is 4.91. The second-order valence-corrected chi connectivity index (χ2v) is 7.99. The fraction of sp³-hybridized carbons (Fsp3) is 0.227. The highest BCUT2D eigenvalue weighted by molar-refractivity contribution is 5.94. The van der Waals surface area contributed by atoms with Crippen molar-refractivity contribution in [1.82, 2.24) is 25.4 Å². The highest BCUT2D eigenvalue weighted by atomic mass is 19.4. The molecule has 3 heterocycles. The molecule has 1 aromatic carbocycles. The fourth-order valence-corrected chi connectivity index (χ4v) is 2.95. The van der Waals surface area contributed by atoms with Gasteiger partial charge in [0.05, 0.1) is 11.3 Å². The fourth-order valence-electron chi connectivity index (χ4n) is 2.95. The minimum atomic E-state index is -4.78. The van der Waals surface area contributed by atoms with Crippen LogP contribution in [0.15, 0.2) is 57.9 Å². The third-order valence-electron chi connectivity index (χ3n) is 4.91. The van der Waals surface area contributed by atoms with Gasteiger partial charge in [0.15, 0.2) is 0 Å². The van der Waals surface area contributed by atoms with Gasteiger partial charge in [-0.05, 0) is 30.3 Å². The number of hydrogen-bond donors (Lipinski definition) is 1. The number of halogens is 4. The first-order valence-corrected chi connectivity index (χ1v) is 9.89. The molecule has 0 unspecified atom stereocenters. The van der Waals surface area contributed by atoms with E-state index in [0.717, 1.165) is 0 Å². The van der Waals surface area contributed by atoms with Crippen molar-refractivity contribution in [2.75, 3.05) is 6.54 Å². The SMILES string of the molecule is CC(C)(CNC(=O)c1cncc(-c2noc(C(F)(F)F)n2)c1)c1coc(-c2ccc(F)cc2)n1. The zero-order valence-corrected chi connectivity index (χ0v) is 17.9. The molecule has 3 aromatic heterocycles. The number of benzene rings is 1. The lowest BCUT2D eigenvalue weighted by Crippen LogP contribution is -2.37. The van der Waals surface area contributed by atoms with E-state index in [0.29, 0.717) is 17.1 Å². The molecule has 0 aliphatic rings. The van der Waals surface area contributed by atoms with Gasteiger partial charge in [0.25, 0.3) is 5.91 Å². The summed E-state index contributed by atoms with van der Waals surface area (Å²) in [6, 6.07) is 6.99. The quantitative estimate of drug-likeness (QED) is 0.405. The first-order chi connectivity index (χ1) is 16.0. The maximum atomic E-state index is 13.1. The number of hydrogen-bond acceptors (Lipinski definition) is 7. The molecule has 0 saturated carbocycles. The second-order valence-electron chi connectivity index (χ2n) is 7.99. The van der Waals surface area contributed by atoms with Crippen LogP contribution in [0.2, 0.25) is 0 Å². The Morgan fingerprint density at radius 2 is 1.79 bits per heavy atom. The molecule has 8 nitrogen and oxygen atoms in total. The third kappa shape index (κ3) is 4.95. The molecule has 12 heteroatoms. The number of amides is 1. The van der Waals surface area contributed by atoms with Gasteiger partial charge < -0.3 is 14.3 Å². The number of nitrogens with zero attached hydrogens (tertiary/aromatic N) is 4. The maximum Gasteiger partial charge on any atom is 0.471 e. The van der Waals surface area contributed by atoms with Crippen LogP contribution in [0, 0.1) is 5.82 Å². The van der Waals surface area contributed by atoms with Gasteiger partial charge in [-0.2, -0.15) is 18.2 Å². The predicted octanol–water partition coefficient (Wildman–Crippen LogP) is 4.65. The van der Waals surface area contributed by atoms with E-state index in [9.17, 15) is 22.4 Å². The molecule has 4 aromatic rings. The van der Waals surface area contributed by atoms with Crippen molar-refractivity contribution in [2.45, 2.75) is 25.4 Å². The molecule has 176 valence electrons. The van der Waals surface area contributed by atoms with E-state index in [4.69, 9.17) is 4.42 Å². The summed E-state index contributed by atoms with van der Waals surface area (Å²) >= 11 is 0. The number of alkyl halides is 3. The monoisotopic (exact) mass is 475 g/mol. The van der Waals surface area contributed by atoms with Crippen LogP contribution in [0.1, 0.15) is 35.8 Å². The Morgan fingerprint density at radius 1 is 1.06 bits per heavy atom. The number of carbonyl (C=O) groups excluding carboxylic acids is 1. The molecular formula is C22H17F4N5O3. The smallest absolute Gasteiger partial charge is 0.444 e. The van der Waals surface area contributed by atoms with E-state index in [1.54, 1.807) is 12.1 Å². The first kappa shape index (κ1) is 23.1. The summed E-state index contributed by atoms with van der Waals surface area (Å²) in [5.74, 6) is -2.41. The summed E-state index contributed by atoms with van der Waals surface area (Å²) in [7, 11) is 0. The Balaban J connectivity index is 1.45. The molecule has 4 rings (SSSR count). The number of carbonyl (C=O) groups is 1. The summed E-state index contributed by atoms with van der Waals surface area (Å²) in [6.45, 7) is 3.84. The van der Waals surface area contributed by atoms with Crippen LogP contribution in [0.4, 0.5) is 17.6 Å². The van der Waals surface area contributed by atoms with Crippen molar-refractivity contribution >= 4 is 5.91 Å². The van der Waals surface area contributed by atoms with Gasteiger partial charge in [0, 0.05) is 35.5 Å². The normalized spacial score (nSPS) is 12.1. The Kier molecular flexibility index (Phi) is 5.90. The molecular weight excluding hydrogens is 458 g/mol. The Labute approximate surface area is 190 Å². The van der Waals surface area contributed by atoms with Crippen LogP contribution in [0.3, 0.4) is 0 Å². The Hall–Kier alpha value is -4.09. The lowest BCUT2D eigenvalue weighted by atomic mass is 9.90. The summed E-state index contributed by atoms with van der Waals surface area (Å²) in [4.78, 5) is 24.3. The number of nitrogens with one attached hydrogen (secondary N) is 1. The molecule has 0 radical (unpaired) electrons. The van der Waals surface area contributed by atoms with Crippen LogP contribution in [0.25, 0.3) is 22.8 Å². The summed E-state index contributed by atoms with van der Waals surface area (Å²) in [5, 5.41) is 6.04. The lowest BCUT2D eigenvalue weighted by molar-refractivity contribution is -0.159. The van der Waals surface area contributed by atoms with E-state index < -0.39 is 23.4 Å². The largest absolute Gasteiger partial charge is 0.471 e. The van der Waals surface area contributed by atoms with Gasteiger partial charge >= 0.3 is 12.1 Å². The molecule has 0 atom stereocenters. The number of pyridine rings is 1. The molecule has 0 aliphatic carbocycles. The van der Waals surface area contributed by atoms with Gasteiger partial charge in [-0.1, -0.05) is 19.0 Å². The minimum absolute atomic E-state index is 0.0894. The molecule has 0 spiro atoms. The molecule has 0 aliphatic heterocycles. The number of rotatable bonds is 6. The van der Waals surface area contributed by atoms with Gasteiger partial charge in [-0.3, -0.25) is 9.78 Å². The maximum absolute atomic E-state index is 13.1. The zero-order chi connectivity index (χ0) is 24.5. The molecule has 1 N–H and O–H groups in total. The summed E-state index contributed by atoms with van der Waals surface area (Å²) in [5.41, 5.74) is 0.707. The van der Waals surface area contributed by atoms with Crippen molar-refractivity contribution in [1.29, 1.82) is 0 Å². The highest BCUT2D eigenvalue weighted by Crippen LogP contribution is 2.29. The van der Waals surface area contributed by atoms with Crippen molar-refractivity contribution in [3.05, 3.63) is 72.0 Å².